The Hall–Kier alpha value is -2.90. The third-order valence-electron chi connectivity index (χ3n) is 5.45. The first-order chi connectivity index (χ1) is 14.0. The van der Waals surface area contributed by atoms with Gasteiger partial charge < -0.3 is 10.4 Å². The summed E-state index contributed by atoms with van der Waals surface area (Å²) in [4.78, 5) is 34.1. The molecule has 0 spiro atoms. The number of fused-ring (bicyclic) bond motifs is 1. The fourth-order valence-electron chi connectivity index (χ4n) is 3.91. The van der Waals surface area contributed by atoms with Gasteiger partial charge in [-0.15, -0.1) is 0 Å². The maximum atomic E-state index is 13.0. The average Bonchev–Trinajstić information content (AvgIpc) is 2.72. The highest BCUT2D eigenvalue weighted by molar-refractivity contribution is 5.87. The molecule has 1 aliphatic rings. The van der Waals surface area contributed by atoms with Crippen molar-refractivity contribution in [2.45, 2.75) is 52.3 Å². The molecule has 7 heteroatoms. The van der Waals surface area contributed by atoms with Crippen LogP contribution in [0.25, 0.3) is 22.0 Å². The Kier molecular flexibility index (Phi) is 6.74. The molecule has 2 atom stereocenters. The maximum Gasteiger partial charge on any atom is 0.261 e. The molecular weight excluding hydrogens is 380 g/mol. The molecule has 158 valence electrons. The second-order valence-electron chi connectivity index (χ2n) is 7.62. The van der Waals surface area contributed by atoms with Gasteiger partial charge in [-0.1, -0.05) is 13.5 Å². The van der Waals surface area contributed by atoms with E-state index in [2.05, 4.69) is 15.3 Å². The van der Waals surface area contributed by atoms with Crippen molar-refractivity contribution in [1.82, 2.24) is 19.9 Å². The molecule has 1 aliphatic heterocycles. The lowest BCUT2D eigenvalue weighted by Crippen LogP contribution is -2.46. The van der Waals surface area contributed by atoms with E-state index in [1.165, 1.54) is 10.9 Å². The third-order valence-corrected chi connectivity index (χ3v) is 5.45. The number of benzene rings is 1. The monoisotopic (exact) mass is 408 g/mol. The van der Waals surface area contributed by atoms with E-state index in [9.17, 15) is 14.7 Å². The molecule has 4 rings (SSSR count). The van der Waals surface area contributed by atoms with Crippen molar-refractivity contribution in [2.75, 3.05) is 6.54 Å². The Labute approximate surface area is 175 Å². The number of piperidine rings is 1. The zero-order valence-corrected chi connectivity index (χ0v) is 16.3. The van der Waals surface area contributed by atoms with Gasteiger partial charge in [0.1, 0.15) is 0 Å². The van der Waals surface area contributed by atoms with Crippen LogP contribution >= 0.6 is 0 Å². The number of aliphatic hydroxyl groups excluding tert-OH is 1. The highest BCUT2D eigenvalue weighted by Gasteiger charge is 2.25. The third kappa shape index (κ3) is 4.47. The van der Waals surface area contributed by atoms with E-state index < -0.39 is 6.10 Å². The van der Waals surface area contributed by atoms with Crippen LogP contribution in [-0.4, -0.2) is 44.1 Å². The van der Waals surface area contributed by atoms with Gasteiger partial charge in [-0.3, -0.25) is 19.1 Å². The standard InChI is InChI=1S/C22H24N4O3.CH4/c1-14-8-16(15-4-2-6-23-11-15)9-18-21(14)25-13-26(22(18)29)12-17(27)10-19-20(28)5-3-7-24-19;/h2,4,6,8-9,11,13,19-20,24,28H,3,5,7,10,12H2,1H3;1H4/t19-,20+;/m1./s1. The van der Waals surface area contributed by atoms with Gasteiger partial charge in [0.15, 0.2) is 5.78 Å². The van der Waals surface area contributed by atoms with Crippen molar-refractivity contribution >= 4 is 16.7 Å². The van der Waals surface area contributed by atoms with E-state index >= 15 is 0 Å². The van der Waals surface area contributed by atoms with E-state index in [1.807, 2.05) is 31.2 Å². The Balaban J connectivity index is 0.00000256. The summed E-state index contributed by atoms with van der Waals surface area (Å²) in [5, 5.41) is 13.7. The molecule has 3 heterocycles. The van der Waals surface area contributed by atoms with Crippen LogP contribution in [0.2, 0.25) is 0 Å². The number of aryl methyl sites for hydroxylation is 1. The molecular formula is C23H28N4O3. The lowest BCUT2D eigenvalue weighted by atomic mass is 9.97. The predicted octanol–water partition coefficient (Wildman–Crippen LogP) is 2.48. The van der Waals surface area contributed by atoms with Crippen molar-refractivity contribution in [3.8, 4) is 11.1 Å². The number of aliphatic hydroxyl groups is 1. The van der Waals surface area contributed by atoms with Crippen molar-refractivity contribution in [1.29, 1.82) is 0 Å². The van der Waals surface area contributed by atoms with Crippen molar-refractivity contribution in [3.05, 3.63) is 58.9 Å². The van der Waals surface area contributed by atoms with E-state index in [1.54, 1.807) is 12.4 Å². The second-order valence-corrected chi connectivity index (χ2v) is 7.62. The molecule has 0 radical (unpaired) electrons. The summed E-state index contributed by atoms with van der Waals surface area (Å²) in [7, 11) is 0. The number of hydrogen-bond donors (Lipinski definition) is 2. The summed E-state index contributed by atoms with van der Waals surface area (Å²) in [5.74, 6) is -0.105. The Morgan fingerprint density at radius 2 is 2.17 bits per heavy atom. The van der Waals surface area contributed by atoms with Crippen LogP contribution in [0, 0.1) is 6.92 Å². The van der Waals surface area contributed by atoms with Gasteiger partial charge in [0.25, 0.3) is 5.56 Å². The Morgan fingerprint density at radius 1 is 1.33 bits per heavy atom. The van der Waals surface area contributed by atoms with Crippen molar-refractivity contribution in [3.63, 3.8) is 0 Å². The summed E-state index contributed by atoms with van der Waals surface area (Å²) >= 11 is 0. The number of hydrogen-bond acceptors (Lipinski definition) is 6. The number of aromatic nitrogens is 3. The van der Waals surface area contributed by atoms with Gasteiger partial charge >= 0.3 is 0 Å². The lowest BCUT2D eigenvalue weighted by molar-refractivity contribution is -0.121. The first-order valence-electron chi connectivity index (χ1n) is 9.86. The van der Waals surface area contributed by atoms with E-state index in [0.717, 1.165) is 29.7 Å². The molecule has 0 amide bonds. The number of nitrogens with zero attached hydrogens (tertiary/aromatic N) is 3. The highest BCUT2D eigenvalue weighted by atomic mass is 16.3. The van der Waals surface area contributed by atoms with E-state index in [4.69, 9.17) is 0 Å². The van der Waals surface area contributed by atoms with Crippen LogP contribution in [0.1, 0.15) is 32.3 Å². The predicted molar refractivity (Wildman–Crippen MR) is 117 cm³/mol. The quantitative estimate of drug-likeness (QED) is 0.673. The summed E-state index contributed by atoms with van der Waals surface area (Å²) in [6, 6.07) is 7.33. The van der Waals surface area contributed by atoms with Crippen LogP contribution in [0.4, 0.5) is 0 Å². The van der Waals surface area contributed by atoms with Crippen LogP contribution in [0.15, 0.2) is 47.8 Å². The zero-order valence-electron chi connectivity index (χ0n) is 16.3. The molecule has 1 saturated heterocycles. The van der Waals surface area contributed by atoms with Gasteiger partial charge in [-0.2, -0.15) is 0 Å². The summed E-state index contributed by atoms with van der Waals surface area (Å²) in [6.45, 7) is 2.66. The van der Waals surface area contributed by atoms with Crippen LogP contribution < -0.4 is 10.9 Å². The molecule has 3 aromatic rings. The number of pyridine rings is 1. The lowest BCUT2D eigenvalue weighted by Gasteiger charge is -2.28. The molecule has 2 aromatic heterocycles. The zero-order chi connectivity index (χ0) is 20.4. The molecule has 30 heavy (non-hydrogen) atoms. The smallest absolute Gasteiger partial charge is 0.261 e. The summed E-state index contributed by atoms with van der Waals surface area (Å²) < 4.78 is 1.35. The van der Waals surface area contributed by atoms with Crippen molar-refractivity contribution in [2.24, 2.45) is 0 Å². The van der Waals surface area contributed by atoms with E-state index in [0.29, 0.717) is 17.3 Å². The highest BCUT2D eigenvalue weighted by Crippen LogP contribution is 2.24. The van der Waals surface area contributed by atoms with Gasteiger partial charge in [-0.25, -0.2) is 4.98 Å². The Morgan fingerprint density at radius 3 is 2.90 bits per heavy atom. The molecule has 0 aliphatic carbocycles. The van der Waals surface area contributed by atoms with Gasteiger partial charge in [0.05, 0.1) is 29.9 Å². The second kappa shape index (κ2) is 9.28. The number of ketones is 1. The minimum Gasteiger partial charge on any atom is -0.391 e. The molecule has 0 bridgehead atoms. The first kappa shape index (κ1) is 21.8. The largest absolute Gasteiger partial charge is 0.391 e. The molecule has 0 saturated carbocycles. The minimum atomic E-state index is -0.524. The van der Waals surface area contributed by atoms with Gasteiger partial charge in [0, 0.05) is 30.4 Å². The van der Waals surface area contributed by atoms with Crippen LogP contribution in [0.5, 0.6) is 0 Å². The Bertz CT molecular complexity index is 1090. The molecule has 0 unspecified atom stereocenters. The molecule has 1 fully saturated rings. The molecule has 7 nitrogen and oxygen atoms in total. The average molecular weight is 409 g/mol. The number of Topliss-reactive ketones (excluding diaryl/α,β-unsaturated/α-hetero) is 1. The number of rotatable bonds is 5. The molecule has 2 N–H and O–H groups in total. The van der Waals surface area contributed by atoms with Gasteiger partial charge in [0.2, 0.25) is 0 Å². The van der Waals surface area contributed by atoms with Gasteiger partial charge in [-0.05, 0) is 55.6 Å². The topological polar surface area (TPSA) is 97.1 Å². The van der Waals surface area contributed by atoms with E-state index in [-0.39, 0.29) is 37.8 Å². The van der Waals surface area contributed by atoms with Crippen molar-refractivity contribution < 1.29 is 9.90 Å². The van der Waals surface area contributed by atoms with Crippen LogP contribution in [0.3, 0.4) is 0 Å². The number of nitrogens with one attached hydrogen (secondary N) is 1. The summed E-state index contributed by atoms with van der Waals surface area (Å²) in [5.41, 5.74) is 3.10. The minimum absolute atomic E-state index is 0. The summed E-state index contributed by atoms with van der Waals surface area (Å²) in [6.07, 6.45) is 6.16. The number of carbonyl (C=O) groups excluding carboxylic acids is 1. The van der Waals surface area contributed by atoms with Crippen LogP contribution in [-0.2, 0) is 11.3 Å². The molecule has 1 aromatic carbocycles. The maximum absolute atomic E-state index is 13.0. The number of carbonyl (C=O) groups is 1. The SMILES string of the molecule is C.Cc1cc(-c2cccnc2)cc2c(=O)n(CC(=O)C[C@H]3NCCC[C@@H]3O)cnc12. The fraction of sp³-hybridized carbons (Fsp3) is 0.391. The normalized spacial score (nSPS) is 18.7. The first-order valence-corrected chi connectivity index (χ1v) is 9.86. The fourth-order valence-corrected chi connectivity index (χ4v) is 3.91.